The van der Waals surface area contributed by atoms with Crippen LogP contribution in [0.2, 0.25) is 0 Å². The van der Waals surface area contributed by atoms with E-state index in [0.717, 1.165) is 21.9 Å². The third kappa shape index (κ3) is 2.07. The average Bonchev–Trinajstić information content (AvgIpc) is 3.33. The summed E-state index contributed by atoms with van der Waals surface area (Å²) in [5.74, 6) is -0.259. The molecule has 3 aliphatic rings. The van der Waals surface area contributed by atoms with Crippen molar-refractivity contribution >= 4 is 17.8 Å². The summed E-state index contributed by atoms with van der Waals surface area (Å²) in [6.45, 7) is 5.18. The third-order valence-electron chi connectivity index (χ3n) is 5.44. The number of likely N-dealkylation sites (N-methyl/N-ethyl adjacent to an activating group) is 1. The van der Waals surface area contributed by atoms with Crippen LogP contribution in [0.1, 0.15) is 40.6 Å². The Morgan fingerprint density at radius 2 is 1.88 bits per heavy atom. The van der Waals surface area contributed by atoms with Crippen LogP contribution < -0.4 is 0 Å². The van der Waals surface area contributed by atoms with Crippen LogP contribution in [0.5, 0.6) is 0 Å². The van der Waals surface area contributed by atoms with Crippen molar-refractivity contribution in [3.8, 4) is 0 Å². The standard InChI is InChI=1S/C17H22N4O3/c1-10-8-13(11(2)21(10)12-4-5-12)15(22)19-6-7-20-14(9-19)16(23)18(3)17(20)24/h8,12,14H,4-7,9H2,1-3H3. The maximum absolute atomic E-state index is 13.0. The molecule has 1 saturated carbocycles. The number of hydrogen-bond donors (Lipinski definition) is 0. The highest BCUT2D eigenvalue weighted by molar-refractivity contribution is 6.05. The number of aromatic nitrogens is 1. The minimum Gasteiger partial charge on any atom is -0.345 e. The zero-order chi connectivity index (χ0) is 17.2. The number of imide groups is 1. The molecule has 0 aromatic carbocycles. The van der Waals surface area contributed by atoms with Gasteiger partial charge in [-0.05, 0) is 32.8 Å². The Hall–Kier alpha value is -2.31. The number of fused-ring (bicyclic) bond motifs is 1. The molecule has 24 heavy (non-hydrogen) atoms. The maximum atomic E-state index is 13.0. The van der Waals surface area contributed by atoms with Crippen molar-refractivity contribution in [3.63, 3.8) is 0 Å². The molecule has 1 aromatic rings. The van der Waals surface area contributed by atoms with Gasteiger partial charge in [0.15, 0.2) is 0 Å². The Morgan fingerprint density at radius 1 is 1.17 bits per heavy atom. The molecular weight excluding hydrogens is 308 g/mol. The van der Waals surface area contributed by atoms with Gasteiger partial charge in [0.05, 0.1) is 12.1 Å². The fourth-order valence-corrected chi connectivity index (χ4v) is 3.98. The number of aryl methyl sites for hydroxylation is 1. The van der Waals surface area contributed by atoms with Crippen LogP contribution in [0.3, 0.4) is 0 Å². The Balaban J connectivity index is 1.57. The number of urea groups is 1. The summed E-state index contributed by atoms with van der Waals surface area (Å²) in [5.41, 5.74) is 2.84. The van der Waals surface area contributed by atoms with Crippen molar-refractivity contribution in [2.24, 2.45) is 0 Å². The Bertz CT molecular complexity index is 749. The summed E-state index contributed by atoms with van der Waals surface area (Å²) in [6.07, 6.45) is 2.35. The van der Waals surface area contributed by atoms with Crippen LogP contribution in [-0.4, -0.2) is 69.8 Å². The number of nitrogens with zero attached hydrogens (tertiary/aromatic N) is 4. The predicted octanol–water partition coefficient (Wildman–Crippen LogP) is 1.16. The molecule has 7 heteroatoms. The maximum Gasteiger partial charge on any atom is 0.327 e. The predicted molar refractivity (Wildman–Crippen MR) is 86.7 cm³/mol. The number of carbonyl (C=O) groups is 3. The molecule has 0 radical (unpaired) electrons. The highest BCUT2D eigenvalue weighted by atomic mass is 16.2. The zero-order valence-corrected chi connectivity index (χ0v) is 14.3. The van der Waals surface area contributed by atoms with E-state index in [4.69, 9.17) is 0 Å². The fourth-order valence-electron chi connectivity index (χ4n) is 3.98. The monoisotopic (exact) mass is 330 g/mol. The fraction of sp³-hybridized carbons (Fsp3) is 0.588. The van der Waals surface area contributed by atoms with Gasteiger partial charge in [-0.1, -0.05) is 0 Å². The largest absolute Gasteiger partial charge is 0.345 e. The van der Waals surface area contributed by atoms with Gasteiger partial charge in [0.2, 0.25) is 0 Å². The Kier molecular flexibility index (Phi) is 3.23. The van der Waals surface area contributed by atoms with E-state index in [-0.39, 0.29) is 24.4 Å². The van der Waals surface area contributed by atoms with E-state index in [1.165, 1.54) is 19.9 Å². The van der Waals surface area contributed by atoms with Gasteiger partial charge in [-0.3, -0.25) is 14.5 Å². The van der Waals surface area contributed by atoms with Gasteiger partial charge in [0.25, 0.3) is 11.8 Å². The highest BCUT2D eigenvalue weighted by Crippen LogP contribution is 2.38. The lowest BCUT2D eigenvalue weighted by atomic mass is 10.1. The SMILES string of the molecule is Cc1cc(C(=O)N2CCN3C(=O)N(C)C(=O)C3C2)c(C)n1C1CC1. The first kappa shape index (κ1) is 15.2. The third-order valence-corrected chi connectivity index (χ3v) is 5.44. The smallest absolute Gasteiger partial charge is 0.327 e. The van der Waals surface area contributed by atoms with Gasteiger partial charge < -0.3 is 14.4 Å². The molecule has 2 aliphatic heterocycles. The number of hydrogen-bond acceptors (Lipinski definition) is 3. The van der Waals surface area contributed by atoms with E-state index < -0.39 is 6.04 Å². The van der Waals surface area contributed by atoms with Crippen LogP contribution in [0, 0.1) is 13.8 Å². The van der Waals surface area contributed by atoms with E-state index >= 15 is 0 Å². The minimum atomic E-state index is -0.535. The Morgan fingerprint density at radius 3 is 2.54 bits per heavy atom. The van der Waals surface area contributed by atoms with Gasteiger partial charge in [0, 0.05) is 37.6 Å². The first-order valence-electron chi connectivity index (χ1n) is 8.46. The molecule has 1 aliphatic carbocycles. The van der Waals surface area contributed by atoms with E-state index in [9.17, 15) is 14.4 Å². The lowest BCUT2D eigenvalue weighted by molar-refractivity contribution is -0.128. The molecular formula is C17H22N4O3. The lowest BCUT2D eigenvalue weighted by Crippen LogP contribution is -2.54. The second-order valence-corrected chi connectivity index (χ2v) is 7.03. The molecule has 7 nitrogen and oxygen atoms in total. The topological polar surface area (TPSA) is 65.9 Å². The van der Waals surface area contributed by atoms with Crippen molar-refractivity contribution in [3.05, 3.63) is 23.0 Å². The van der Waals surface area contributed by atoms with Gasteiger partial charge in [-0.2, -0.15) is 0 Å². The van der Waals surface area contributed by atoms with Gasteiger partial charge in [-0.15, -0.1) is 0 Å². The van der Waals surface area contributed by atoms with Crippen molar-refractivity contribution in [2.45, 2.75) is 38.8 Å². The molecule has 1 atom stereocenters. The van der Waals surface area contributed by atoms with Crippen molar-refractivity contribution in [2.75, 3.05) is 26.7 Å². The Labute approximate surface area is 140 Å². The molecule has 1 aromatic heterocycles. The quantitative estimate of drug-likeness (QED) is 0.764. The van der Waals surface area contributed by atoms with Gasteiger partial charge in [0.1, 0.15) is 6.04 Å². The zero-order valence-electron chi connectivity index (χ0n) is 14.3. The van der Waals surface area contributed by atoms with Crippen LogP contribution in [0.25, 0.3) is 0 Å². The van der Waals surface area contributed by atoms with Gasteiger partial charge in [-0.25, -0.2) is 4.79 Å². The normalized spacial score (nSPS) is 24.0. The lowest BCUT2D eigenvalue weighted by Gasteiger charge is -2.35. The molecule has 0 spiro atoms. The van der Waals surface area contributed by atoms with E-state index in [0.29, 0.717) is 19.1 Å². The molecule has 4 amide bonds. The highest BCUT2D eigenvalue weighted by Gasteiger charge is 2.47. The van der Waals surface area contributed by atoms with Crippen molar-refractivity contribution < 1.29 is 14.4 Å². The second kappa shape index (κ2) is 5.09. The van der Waals surface area contributed by atoms with Crippen molar-refractivity contribution in [1.29, 1.82) is 0 Å². The molecule has 0 N–H and O–H groups in total. The molecule has 3 fully saturated rings. The average molecular weight is 330 g/mol. The summed E-state index contributed by atoms with van der Waals surface area (Å²) < 4.78 is 2.25. The molecule has 2 saturated heterocycles. The molecule has 4 rings (SSSR count). The summed E-state index contributed by atoms with van der Waals surface area (Å²) in [5, 5.41) is 0. The summed E-state index contributed by atoms with van der Waals surface area (Å²) in [4.78, 5) is 41.6. The van der Waals surface area contributed by atoms with Gasteiger partial charge >= 0.3 is 6.03 Å². The first-order chi connectivity index (χ1) is 11.4. The van der Waals surface area contributed by atoms with Crippen LogP contribution in [-0.2, 0) is 4.79 Å². The molecule has 3 heterocycles. The summed E-state index contributed by atoms with van der Waals surface area (Å²) in [6, 6.07) is 1.69. The number of piperazine rings is 1. The number of carbonyl (C=O) groups excluding carboxylic acids is 3. The number of amides is 4. The second-order valence-electron chi connectivity index (χ2n) is 7.03. The summed E-state index contributed by atoms with van der Waals surface area (Å²) in [7, 11) is 1.50. The number of rotatable bonds is 2. The van der Waals surface area contributed by atoms with E-state index in [1.807, 2.05) is 19.9 Å². The molecule has 128 valence electrons. The minimum absolute atomic E-state index is 0.0375. The van der Waals surface area contributed by atoms with E-state index in [2.05, 4.69) is 4.57 Å². The van der Waals surface area contributed by atoms with Crippen LogP contribution in [0.15, 0.2) is 6.07 Å². The first-order valence-corrected chi connectivity index (χ1v) is 8.46. The van der Waals surface area contributed by atoms with E-state index in [1.54, 1.807) is 9.80 Å². The summed E-state index contributed by atoms with van der Waals surface area (Å²) >= 11 is 0. The van der Waals surface area contributed by atoms with Crippen LogP contribution >= 0.6 is 0 Å². The molecule has 0 bridgehead atoms. The van der Waals surface area contributed by atoms with Crippen molar-refractivity contribution in [1.82, 2.24) is 19.3 Å². The molecule has 1 unspecified atom stereocenters. The van der Waals surface area contributed by atoms with Crippen LogP contribution in [0.4, 0.5) is 4.79 Å².